The van der Waals surface area contributed by atoms with E-state index in [-0.39, 0.29) is 5.75 Å². The zero-order chi connectivity index (χ0) is 16.5. The molecule has 0 aliphatic carbocycles. The SMILES string of the molecule is C=C[C@@H]([C@H](O)CO)[C@H](O)CC/C(=C/c1cccc(O)c1)CC. The largest absolute Gasteiger partial charge is 0.508 e. The summed E-state index contributed by atoms with van der Waals surface area (Å²) in [7, 11) is 0. The molecule has 3 atom stereocenters. The summed E-state index contributed by atoms with van der Waals surface area (Å²) in [5, 5.41) is 38.3. The van der Waals surface area contributed by atoms with Gasteiger partial charge in [0.1, 0.15) is 5.75 Å². The molecule has 0 unspecified atom stereocenters. The Hall–Kier alpha value is -1.62. The smallest absolute Gasteiger partial charge is 0.116 e. The second kappa shape index (κ2) is 9.41. The van der Waals surface area contributed by atoms with E-state index in [1.54, 1.807) is 18.2 Å². The zero-order valence-corrected chi connectivity index (χ0v) is 13.0. The predicted octanol–water partition coefficient (Wildman–Crippen LogP) is 2.48. The normalized spacial score (nSPS) is 16.1. The minimum Gasteiger partial charge on any atom is -0.508 e. The van der Waals surface area contributed by atoms with Gasteiger partial charge in [-0.1, -0.05) is 36.8 Å². The molecule has 0 saturated heterocycles. The topological polar surface area (TPSA) is 80.9 Å². The molecule has 0 amide bonds. The van der Waals surface area contributed by atoms with E-state index >= 15 is 0 Å². The summed E-state index contributed by atoms with van der Waals surface area (Å²) >= 11 is 0. The summed E-state index contributed by atoms with van der Waals surface area (Å²) in [5.41, 5.74) is 2.06. The summed E-state index contributed by atoms with van der Waals surface area (Å²) in [6.07, 6.45) is 3.73. The molecule has 1 aromatic carbocycles. The van der Waals surface area contributed by atoms with Crippen molar-refractivity contribution < 1.29 is 20.4 Å². The molecule has 22 heavy (non-hydrogen) atoms. The van der Waals surface area contributed by atoms with E-state index in [1.165, 1.54) is 6.08 Å². The zero-order valence-electron chi connectivity index (χ0n) is 13.0. The maximum absolute atomic E-state index is 10.2. The number of hydrogen-bond acceptors (Lipinski definition) is 4. The minimum absolute atomic E-state index is 0.224. The average Bonchev–Trinajstić information content (AvgIpc) is 2.51. The molecule has 0 fully saturated rings. The maximum atomic E-state index is 10.2. The van der Waals surface area contributed by atoms with Crippen LogP contribution in [0, 0.1) is 5.92 Å². The van der Waals surface area contributed by atoms with Gasteiger partial charge in [0.25, 0.3) is 0 Å². The van der Waals surface area contributed by atoms with Gasteiger partial charge in [-0.15, -0.1) is 6.58 Å². The number of allylic oxidation sites excluding steroid dienone is 1. The number of aliphatic hydroxyl groups excluding tert-OH is 3. The lowest BCUT2D eigenvalue weighted by Crippen LogP contribution is -2.32. The van der Waals surface area contributed by atoms with Crippen LogP contribution >= 0.6 is 0 Å². The van der Waals surface area contributed by atoms with Crippen molar-refractivity contribution in [3.8, 4) is 5.75 Å². The van der Waals surface area contributed by atoms with Gasteiger partial charge in [-0.05, 0) is 37.0 Å². The Kier molecular flexibility index (Phi) is 7.88. The van der Waals surface area contributed by atoms with E-state index in [0.29, 0.717) is 12.8 Å². The molecule has 0 spiro atoms. The molecule has 122 valence electrons. The van der Waals surface area contributed by atoms with Gasteiger partial charge >= 0.3 is 0 Å². The van der Waals surface area contributed by atoms with Crippen LogP contribution in [0.4, 0.5) is 0 Å². The number of hydrogen-bond donors (Lipinski definition) is 4. The Balaban J connectivity index is 2.68. The Morgan fingerprint density at radius 3 is 2.55 bits per heavy atom. The lowest BCUT2D eigenvalue weighted by Gasteiger charge is -2.23. The summed E-state index contributed by atoms with van der Waals surface area (Å²) in [6.45, 7) is 5.24. The van der Waals surface area contributed by atoms with Gasteiger partial charge in [0.2, 0.25) is 0 Å². The molecule has 0 aliphatic rings. The third-order valence-electron chi connectivity index (χ3n) is 3.80. The average molecular weight is 306 g/mol. The van der Waals surface area contributed by atoms with Crippen molar-refractivity contribution in [3.05, 3.63) is 48.1 Å². The van der Waals surface area contributed by atoms with Crippen molar-refractivity contribution in [2.24, 2.45) is 5.92 Å². The molecule has 0 bridgehead atoms. The fraction of sp³-hybridized carbons (Fsp3) is 0.444. The van der Waals surface area contributed by atoms with Crippen LogP contribution in [0.25, 0.3) is 6.08 Å². The van der Waals surface area contributed by atoms with E-state index in [0.717, 1.165) is 17.6 Å². The molecule has 0 saturated carbocycles. The lowest BCUT2D eigenvalue weighted by molar-refractivity contribution is 0.00211. The molecule has 4 nitrogen and oxygen atoms in total. The molecule has 0 aliphatic heterocycles. The van der Waals surface area contributed by atoms with E-state index in [2.05, 4.69) is 6.58 Å². The first-order valence-electron chi connectivity index (χ1n) is 7.59. The van der Waals surface area contributed by atoms with E-state index < -0.39 is 24.7 Å². The first-order chi connectivity index (χ1) is 10.5. The lowest BCUT2D eigenvalue weighted by atomic mass is 9.91. The second-order valence-corrected chi connectivity index (χ2v) is 5.42. The third-order valence-corrected chi connectivity index (χ3v) is 3.80. The van der Waals surface area contributed by atoms with Crippen molar-refractivity contribution >= 4 is 6.08 Å². The highest BCUT2D eigenvalue weighted by atomic mass is 16.3. The third kappa shape index (κ3) is 5.64. The van der Waals surface area contributed by atoms with Gasteiger partial charge in [0, 0.05) is 5.92 Å². The summed E-state index contributed by atoms with van der Waals surface area (Å²) in [5.74, 6) is -0.314. The van der Waals surface area contributed by atoms with Crippen LogP contribution in [0.1, 0.15) is 31.7 Å². The highest BCUT2D eigenvalue weighted by Crippen LogP contribution is 2.22. The van der Waals surface area contributed by atoms with Crippen LogP contribution in [0.5, 0.6) is 5.75 Å². The van der Waals surface area contributed by atoms with Gasteiger partial charge < -0.3 is 20.4 Å². The van der Waals surface area contributed by atoms with Gasteiger partial charge in [0.05, 0.1) is 18.8 Å². The van der Waals surface area contributed by atoms with Crippen molar-refractivity contribution in [1.29, 1.82) is 0 Å². The molecule has 1 rings (SSSR count). The van der Waals surface area contributed by atoms with Gasteiger partial charge in [-0.25, -0.2) is 0 Å². The summed E-state index contributed by atoms with van der Waals surface area (Å²) in [4.78, 5) is 0. The predicted molar refractivity (Wildman–Crippen MR) is 88.4 cm³/mol. The molecule has 4 N–H and O–H groups in total. The standard InChI is InChI=1S/C18H26O4/c1-3-13(10-14-6-5-7-15(20)11-14)8-9-17(21)16(4-2)18(22)12-19/h4-7,10-11,16-22H,2-3,8-9,12H2,1H3/b13-10+/t16-,17-,18-/m1/s1. The monoisotopic (exact) mass is 306 g/mol. The van der Waals surface area contributed by atoms with Crippen molar-refractivity contribution in [2.75, 3.05) is 6.61 Å². The highest BCUT2D eigenvalue weighted by Gasteiger charge is 2.23. The van der Waals surface area contributed by atoms with E-state index in [1.807, 2.05) is 19.1 Å². The summed E-state index contributed by atoms with van der Waals surface area (Å²) in [6, 6.07) is 7.01. The fourth-order valence-corrected chi connectivity index (χ4v) is 2.42. The van der Waals surface area contributed by atoms with E-state index in [4.69, 9.17) is 5.11 Å². The Bertz CT molecular complexity index is 496. The number of rotatable bonds is 9. The van der Waals surface area contributed by atoms with Gasteiger partial charge in [-0.2, -0.15) is 0 Å². The van der Waals surface area contributed by atoms with E-state index in [9.17, 15) is 15.3 Å². The molecule has 4 heteroatoms. The quantitative estimate of drug-likeness (QED) is 0.528. The van der Waals surface area contributed by atoms with Crippen molar-refractivity contribution in [2.45, 2.75) is 38.4 Å². The minimum atomic E-state index is -0.993. The van der Waals surface area contributed by atoms with Crippen molar-refractivity contribution in [1.82, 2.24) is 0 Å². The van der Waals surface area contributed by atoms with Crippen LogP contribution in [-0.2, 0) is 0 Å². The van der Waals surface area contributed by atoms with Gasteiger partial charge in [-0.3, -0.25) is 0 Å². The maximum Gasteiger partial charge on any atom is 0.116 e. The first-order valence-corrected chi connectivity index (χ1v) is 7.59. The van der Waals surface area contributed by atoms with Crippen LogP contribution in [-0.4, -0.2) is 39.2 Å². The molecular weight excluding hydrogens is 280 g/mol. The molecule has 0 aromatic heterocycles. The molecular formula is C18H26O4. The van der Waals surface area contributed by atoms with Crippen molar-refractivity contribution in [3.63, 3.8) is 0 Å². The Morgan fingerprint density at radius 1 is 1.27 bits per heavy atom. The highest BCUT2D eigenvalue weighted by molar-refractivity contribution is 5.54. The first kappa shape index (κ1) is 18.4. The molecule has 0 radical (unpaired) electrons. The van der Waals surface area contributed by atoms with Crippen LogP contribution < -0.4 is 0 Å². The number of aliphatic hydroxyl groups is 3. The van der Waals surface area contributed by atoms with Crippen LogP contribution in [0.2, 0.25) is 0 Å². The number of phenolic OH excluding ortho intramolecular Hbond substituents is 1. The molecule has 1 aromatic rings. The number of benzene rings is 1. The molecule has 0 heterocycles. The Labute approximate surface area is 132 Å². The van der Waals surface area contributed by atoms with Crippen LogP contribution in [0.3, 0.4) is 0 Å². The Morgan fingerprint density at radius 2 is 2.00 bits per heavy atom. The number of aromatic hydroxyl groups is 1. The number of phenols is 1. The second-order valence-electron chi connectivity index (χ2n) is 5.42. The summed E-state index contributed by atoms with van der Waals surface area (Å²) < 4.78 is 0. The van der Waals surface area contributed by atoms with Gasteiger partial charge in [0.15, 0.2) is 0 Å². The fourth-order valence-electron chi connectivity index (χ4n) is 2.42. The van der Waals surface area contributed by atoms with Crippen LogP contribution in [0.15, 0.2) is 42.5 Å².